The van der Waals surface area contributed by atoms with Crippen molar-refractivity contribution in [3.8, 4) is 0 Å². The van der Waals surface area contributed by atoms with E-state index in [0.29, 0.717) is 18.4 Å². The van der Waals surface area contributed by atoms with Crippen LogP contribution in [0, 0.1) is 11.7 Å². The van der Waals surface area contributed by atoms with Gasteiger partial charge in [-0.3, -0.25) is 9.59 Å². The van der Waals surface area contributed by atoms with Crippen molar-refractivity contribution in [2.24, 2.45) is 11.7 Å². The summed E-state index contributed by atoms with van der Waals surface area (Å²) < 4.78 is 13.2. The van der Waals surface area contributed by atoms with E-state index in [9.17, 15) is 14.0 Å². The van der Waals surface area contributed by atoms with E-state index in [1.54, 1.807) is 18.2 Å². The molecule has 4 nitrogen and oxygen atoms in total. The van der Waals surface area contributed by atoms with Crippen LogP contribution in [0.2, 0.25) is 0 Å². The number of nitrogens with one attached hydrogen (secondary N) is 1. The fourth-order valence-electron chi connectivity index (χ4n) is 1.97. The van der Waals surface area contributed by atoms with Gasteiger partial charge in [0.1, 0.15) is 5.82 Å². The lowest BCUT2D eigenvalue weighted by molar-refractivity contribution is -0.120. The number of carbonyl (C=O) groups is 2. The van der Waals surface area contributed by atoms with Crippen molar-refractivity contribution < 1.29 is 14.0 Å². The van der Waals surface area contributed by atoms with Gasteiger partial charge in [0.2, 0.25) is 11.8 Å². The van der Waals surface area contributed by atoms with Gasteiger partial charge in [-0.15, -0.1) is 0 Å². The second-order valence-corrected chi connectivity index (χ2v) is 4.86. The number of amides is 2. The van der Waals surface area contributed by atoms with Crippen LogP contribution in [0.25, 0.3) is 0 Å². The summed E-state index contributed by atoms with van der Waals surface area (Å²) in [4.78, 5) is 20.9. The fourth-order valence-corrected chi connectivity index (χ4v) is 1.97. The highest BCUT2D eigenvalue weighted by Gasteiger charge is 2.26. The minimum absolute atomic E-state index is 0.00764. The quantitative estimate of drug-likeness (QED) is 0.852. The average molecular weight is 264 g/mol. The Morgan fingerprint density at radius 1 is 1.26 bits per heavy atom. The third-order valence-corrected chi connectivity index (χ3v) is 3.26. The van der Waals surface area contributed by atoms with Crippen LogP contribution in [0.5, 0.6) is 0 Å². The van der Waals surface area contributed by atoms with Crippen LogP contribution in [0.4, 0.5) is 4.39 Å². The molecule has 2 amide bonds. The molecule has 1 aliphatic carbocycles. The number of benzene rings is 1. The van der Waals surface area contributed by atoms with Crippen molar-refractivity contribution >= 4 is 11.8 Å². The maximum atomic E-state index is 13.2. The van der Waals surface area contributed by atoms with Crippen molar-refractivity contribution in [1.82, 2.24) is 5.32 Å². The Morgan fingerprint density at radius 3 is 2.37 bits per heavy atom. The third-order valence-electron chi connectivity index (χ3n) is 3.26. The van der Waals surface area contributed by atoms with Crippen LogP contribution in [0.1, 0.15) is 37.3 Å². The molecule has 0 aromatic heterocycles. The van der Waals surface area contributed by atoms with Gasteiger partial charge in [-0.2, -0.15) is 0 Å². The molecule has 0 radical (unpaired) electrons. The lowest BCUT2D eigenvalue weighted by Gasteiger charge is -2.10. The molecule has 19 heavy (non-hydrogen) atoms. The first-order valence-corrected chi connectivity index (χ1v) is 6.41. The Hall–Kier alpha value is -1.91. The second kappa shape index (κ2) is 5.82. The maximum Gasteiger partial charge on any atom is 0.220 e. The summed E-state index contributed by atoms with van der Waals surface area (Å²) in [5, 5.41) is 2.73. The van der Waals surface area contributed by atoms with E-state index in [-0.39, 0.29) is 29.6 Å². The largest absolute Gasteiger partial charge is 0.369 e. The second-order valence-electron chi connectivity index (χ2n) is 4.86. The van der Waals surface area contributed by atoms with Crippen LogP contribution in [0.15, 0.2) is 24.3 Å². The van der Waals surface area contributed by atoms with Crippen LogP contribution in [-0.2, 0) is 9.59 Å². The molecule has 5 heteroatoms. The van der Waals surface area contributed by atoms with Crippen molar-refractivity contribution in [2.45, 2.75) is 31.7 Å². The normalized spacial score (nSPS) is 21.3. The molecule has 1 atom stereocenters. The van der Waals surface area contributed by atoms with Gasteiger partial charge >= 0.3 is 0 Å². The SMILES string of the molecule is NC(=O)C1CC1.O=C1CCC(c2ccccc2F)N1. The topological polar surface area (TPSA) is 72.2 Å². The first-order valence-electron chi connectivity index (χ1n) is 6.41. The highest BCUT2D eigenvalue weighted by molar-refractivity contribution is 5.79. The van der Waals surface area contributed by atoms with Crippen molar-refractivity contribution in [3.63, 3.8) is 0 Å². The molecule has 3 rings (SSSR count). The molecule has 1 aromatic rings. The molecule has 1 aliphatic heterocycles. The zero-order chi connectivity index (χ0) is 13.8. The first-order chi connectivity index (χ1) is 9.08. The van der Waals surface area contributed by atoms with Crippen LogP contribution >= 0.6 is 0 Å². The number of primary amides is 1. The third kappa shape index (κ3) is 3.77. The molecule has 1 heterocycles. The molecule has 2 aliphatic rings. The zero-order valence-corrected chi connectivity index (χ0v) is 10.6. The molecule has 1 aromatic carbocycles. The van der Waals surface area contributed by atoms with Crippen LogP contribution < -0.4 is 11.1 Å². The van der Waals surface area contributed by atoms with Gasteiger partial charge in [-0.25, -0.2) is 4.39 Å². The van der Waals surface area contributed by atoms with Gasteiger partial charge in [0.05, 0.1) is 6.04 Å². The number of rotatable bonds is 2. The summed E-state index contributed by atoms with van der Waals surface area (Å²) in [6, 6.07) is 6.43. The summed E-state index contributed by atoms with van der Waals surface area (Å²) in [6.07, 6.45) is 3.24. The smallest absolute Gasteiger partial charge is 0.220 e. The van der Waals surface area contributed by atoms with E-state index in [4.69, 9.17) is 5.73 Å². The Kier molecular flexibility index (Phi) is 4.14. The first kappa shape index (κ1) is 13.5. The number of nitrogens with two attached hydrogens (primary N) is 1. The van der Waals surface area contributed by atoms with Gasteiger partial charge in [-0.05, 0) is 25.3 Å². The van der Waals surface area contributed by atoms with Crippen LogP contribution in [0.3, 0.4) is 0 Å². The van der Waals surface area contributed by atoms with Crippen molar-refractivity contribution in [2.75, 3.05) is 0 Å². The van der Waals surface area contributed by atoms with Crippen LogP contribution in [-0.4, -0.2) is 11.8 Å². The molecule has 0 spiro atoms. The molecule has 0 bridgehead atoms. The zero-order valence-electron chi connectivity index (χ0n) is 10.6. The minimum Gasteiger partial charge on any atom is -0.369 e. The Labute approximate surface area is 111 Å². The molecule has 1 unspecified atom stereocenters. The standard InChI is InChI=1S/C10H10FNO.C4H7NO/c11-8-4-2-1-3-7(8)9-5-6-10(13)12-9;5-4(6)3-1-2-3/h1-4,9H,5-6H2,(H,12,13);3H,1-2H2,(H2,5,6). The van der Waals surface area contributed by atoms with Crippen molar-refractivity contribution in [1.29, 1.82) is 0 Å². The minimum atomic E-state index is -0.241. The van der Waals surface area contributed by atoms with E-state index >= 15 is 0 Å². The molecule has 3 N–H and O–H groups in total. The van der Waals surface area contributed by atoms with E-state index in [1.807, 2.05) is 0 Å². The van der Waals surface area contributed by atoms with Gasteiger partial charge in [0.15, 0.2) is 0 Å². The predicted molar refractivity (Wildman–Crippen MR) is 68.4 cm³/mol. The van der Waals surface area contributed by atoms with Crippen molar-refractivity contribution in [3.05, 3.63) is 35.6 Å². The Morgan fingerprint density at radius 2 is 1.95 bits per heavy atom. The molecular formula is C14H17FN2O2. The van der Waals surface area contributed by atoms with Gasteiger partial charge in [0, 0.05) is 17.9 Å². The molecule has 2 fully saturated rings. The summed E-state index contributed by atoms with van der Waals surface area (Å²) in [5.74, 6) is -0.122. The predicted octanol–water partition coefficient (Wildman–Crippen LogP) is 1.66. The molecule has 1 saturated carbocycles. The number of halogens is 1. The monoisotopic (exact) mass is 264 g/mol. The van der Waals surface area contributed by atoms with E-state index in [0.717, 1.165) is 12.8 Å². The summed E-state index contributed by atoms with van der Waals surface area (Å²) in [6.45, 7) is 0. The average Bonchev–Trinajstić information content (AvgIpc) is 3.14. The summed E-state index contributed by atoms with van der Waals surface area (Å²) in [7, 11) is 0. The molecule has 102 valence electrons. The lowest BCUT2D eigenvalue weighted by atomic mass is 10.1. The van der Waals surface area contributed by atoms with E-state index in [2.05, 4.69) is 5.32 Å². The number of hydrogen-bond donors (Lipinski definition) is 2. The number of hydrogen-bond acceptors (Lipinski definition) is 2. The van der Waals surface area contributed by atoms with Gasteiger partial charge in [-0.1, -0.05) is 18.2 Å². The number of carbonyl (C=O) groups excluding carboxylic acids is 2. The van der Waals surface area contributed by atoms with Gasteiger partial charge < -0.3 is 11.1 Å². The van der Waals surface area contributed by atoms with E-state index in [1.165, 1.54) is 6.07 Å². The lowest BCUT2D eigenvalue weighted by Crippen LogP contribution is -2.19. The summed E-state index contributed by atoms with van der Waals surface area (Å²) in [5.41, 5.74) is 5.45. The van der Waals surface area contributed by atoms with Gasteiger partial charge in [0.25, 0.3) is 0 Å². The molecule has 1 saturated heterocycles. The maximum absolute atomic E-state index is 13.2. The van der Waals surface area contributed by atoms with E-state index < -0.39 is 0 Å². The highest BCUT2D eigenvalue weighted by atomic mass is 19.1. The fraction of sp³-hybridized carbons (Fsp3) is 0.429. The Balaban J connectivity index is 0.000000186. The molecular weight excluding hydrogens is 247 g/mol. The highest BCUT2D eigenvalue weighted by Crippen LogP contribution is 2.27. The summed E-state index contributed by atoms with van der Waals surface area (Å²) >= 11 is 0. The Bertz CT molecular complexity index is 486.